The quantitative estimate of drug-likeness (QED) is 0.333. The van der Waals surface area contributed by atoms with Gasteiger partial charge in [0.1, 0.15) is 0 Å². The van der Waals surface area contributed by atoms with Crippen molar-refractivity contribution in [3.63, 3.8) is 0 Å². The Kier molecular flexibility index (Phi) is 2.84. The number of hydrogen-bond donors (Lipinski definition) is 0. The van der Waals surface area contributed by atoms with Crippen LogP contribution in [0, 0.1) is 0 Å². The molecule has 0 fully saturated rings. The van der Waals surface area contributed by atoms with Crippen LogP contribution in [0.2, 0.25) is 0 Å². The van der Waals surface area contributed by atoms with Crippen LogP contribution >= 0.6 is 22.6 Å². The number of allylic oxidation sites excluding steroid dienone is 1. The lowest BCUT2D eigenvalue weighted by molar-refractivity contribution is 0.540. The van der Waals surface area contributed by atoms with E-state index in [1.807, 2.05) is 0 Å². The molecule has 0 heterocycles. The van der Waals surface area contributed by atoms with Gasteiger partial charge in [0.05, 0.1) is 0 Å². The van der Waals surface area contributed by atoms with Crippen LogP contribution in [0.3, 0.4) is 0 Å². The zero-order valence-electron chi connectivity index (χ0n) is 2.62. The second-order valence-corrected chi connectivity index (χ2v) is 1.76. The molecule has 0 aliphatic rings. The van der Waals surface area contributed by atoms with Crippen molar-refractivity contribution in [2.45, 2.75) is 4.18 Å². The average molecular weight is 186 g/mol. The van der Waals surface area contributed by atoms with Crippen LogP contribution in [0.25, 0.3) is 0 Å². The summed E-state index contributed by atoms with van der Waals surface area (Å²) in [6.45, 7) is 3.18. The summed E-state index contributed by atoms with van der Waals surface area (Å²) >= 11 is 1.62. The summed E-state index contributed by atoms with van der Waals surface area (Å²) in [5.41, 5.74) is 0. The standard InChI is InChI=1S/C3H4FI/c1-2-3(4)5/h2-3H,1H2. The van der Waals surface area contributed by atoms with Crippen LogP contribution in [-0.2, 0) is 0 Å². The average Bonchev–Trinajstić information content (AvgIpc) is 1.38. The second kappa shape index (κ2) is 2.63. The molecule has 0 aromatic heterocycles. The molecule has 0 aromatic carbocycles. The Morgan fingerprint density at radius 2 is 2.20 bits per heavy atom. The Bertz CT molecular complexity index is 33.9. The molecule has 0 saturated carbocycles. The normalized spacial score (nSPS) is 14.0. The largest absolute Gasteiger partial charge is 0.231 e. The maximum Gasteiger partial charge on any atom is 0.169 e. The van der Waals surface area contributed by atoms with E-state index in [2.05, 4.69) is 6.58 Å². The maximum absolute atomic E-state index is 11.3. The van der Waals surface area contributed by atoms with E-state index < -0.39 is 4.18 Å². The van der Waals surface area contributed by atoms with Gasteiger partial charge < -0.3 is 0 Å². The van der Waals surface area contributed by atoms with Gasteiger partial charge in [0.2, 0.25) is 0 Å². The third kappa shape index (κ3) is 4.40. The van der Waals surface area contributed by atoms with E-state index in [1.165, 1.54) is 6.08 Å². The van der Waals surface area contributed by atoms with E-state index in [4.69, 9.17) is 0 Å². The van der Waals surface area contributed by atoms with Gasteiger partial charge in [-0.05, 0) is 28.7 Å². The highest BCUT2D eigenvalue weighted by Gasteiger charge is 1.82. The molecule has 5 heavy (non-hydrogen) atoms. The van der Waals surface area contributed by atoms with Gasteiger partial charge in [-0.3, -0.25) is 0 Å². The Labute approximate surface area is 44.2 Å². The third-order valence-corrected chi connectivity index (χ3v) is 0.687. The van der Waals surface area contributed by atoms with Gasteiger partial charge in [0.15, 0.2) is 4.18 Å². The van der Waals surface area contributed by atoms with Gasteiger partial charge in [-0.25, -0.2) is 4.39 Å². The minimum atomic E-state index is -0.882. The summed E-state index contributed by atoms with van der Waals surface area (Å²) in [7, 11) is 0. The fraction of sp³-hybridized carbons (Fsp3) is 0.333. The molecule has 30 valence electrons. The molecule has 0 aliphatic heterocycles. The van der Waals surface area contributed by atoms with E-state index in [9.17, 15) is 4.39 Å². The third-order valence-electron chi connectivity index (χ3n) is 0.178. The first kappa shape index (κ1) is 5.40. The van der Waals surface area contributed by atoms with Gasteiger partial charge in [-0.2, -0.15) is 0 Å². The Hall–Kier alpha value is 0.400. The molecule has 0 spiro atoms. The van der Waals surface area contributed by atoms with Crippen molar-refractivity contribution >= 4 is 22.6 Å². The fourth-order valence-corrected chi connectivity index (χ4v) is 0. The number of hydrogen-bond acceptors (Lipinski definition) is 0. The molecule has 0 amide bonds. The lowest BCUT2D eigenvalue weighted by atomic mass is 10.7. The van der Waals surface area contributed by atoms with Gasteiger partial charge in [-0.15, -0.1) is 0 Å². The van der Waals surface area contributed by atoms with Crippen molar-refractivity contribution in [1.29, 1.82) is 0 Å². The van der Waals surface area contributed by atoms with E-state index in [-0.39, 0.29) is 0 Å². The lowest BCUT2D eigenvalue weighted by Crippen LogP contribution is -1.70. The van der Waals surface area contributed by atoms with Crippen molar-refractivity contribution in [1.82, 2.24) is 0 Å². The first-order valence-corrected chi connectivity index (χ1v) is 2.42. The zero-order valence-corrected chi connectivity index (χ0v) is 4.78. The summed E-state index contributed by atoms with van der Waals surface area (Å²) in [4.78, 5) is 0. The molecule has 0 radical (unpaired) electrons. The maximum atomic E-state index is 11.3. The van der Waals surface area contributed by atoms with Crippen LogP contribution in [0.1, 0.15) is 0 Å². The zero-order chi connectivity index (χ0) is 4.28. The molecule has 0 aromatic rings. The van der Waals surface area contributed by atoms with Gasteiger partial charge >= 0.3 is 0 Å². The number of alkyl halides is 2. The monoisotopic (exact) mass is 186 g/mol. The Balaban J connectivity index is 2.83. The van der Waals surface area contributed by atoms with Crippen molar-refractivity contribution < 1.29 is 4.39 Å². The first-order chi connectivity index (χ1) is 2.27. The van der Waals surface area contributed by atoms with Crippen LogP contribution in [0.4, 0.5) is 4.39 Å². The molecule has 2 heteroatoms. The summed E-state index contributed by atoms with van der Waals surface area (Å²) in [6.07, 6.45) is 1.24. The summed E-state index contributed by atoms with van der Waals surface area (Å²) in [6, 6.07) is 0. The minimum absolute atomic E-state index is 0.882. The van der Waals surface area contributed by atoms with Gasteiger partial charge in [-0.1, -0.05) is 6.58 Å². The van der Waals surface area contributed by atoms with Crippen LogP contribution in [0.15, 0.2) is 12.7 Å². The Morgan fingerprint density at radius 3 is 2.20 bits per heavy atom. The molecular formula is C3H4FI. The van der Waals surface area contributed by atoms with Crippen LogP contribution in [-0.4, -0.2) is 4.18 Å². The predicted molar refractivity (Wildman–Crippen MR) is 29.1 cm³/mol. The van der Waals surface area contributed by atoms with Gasteiger partial charge in [0, 0.05) is 0 Å². The summed E-state index contributed by atoms with van der Waals surface area (Å²) < 4.78 is 10.4. The van der Waals surface area contributed by atoms with Gasteiger partial charge in [0.25, 0.3) is 0 Å². The van der Waals surface area contributed by atoms with E-state index in [0.29, 0.717) is 0 Å². The van der Waals surface area contributed by atoms with Crippen molar-refractivity contribution in [3.05, 3.63) is 12.7 Å². The highest BCUT2D eigenvalue weighted by atomic mass is 127. The summed E-state index contributed by atoms with van der Waals surface area (Å²) in [5, 5.41) is 0. The molecule has 1 atom stereocenters. The van der Waals surface area contributed by atoms with Crippen LogP contribution < -0.4 is 0 Å². The van der Waals surface area contributed by atoms with E-state index in [0.717, 1.165) is 0 Å². The number of halogens is 2. The lowest BCUT2D eigenvalue weighted by Gasteiger charge is -1.77. The number of rotatable bonds is 1. The SMILES string of the molecule is C=CC(F)I. The topological polar surface area (TPSA) is 0 Å². The molecule has 0 bridgehead atoms. The second-order valence-electron chi connectivity index (χ2n) is 0.570. The van der Waals surface area contributed by atoms with Crippen molar-refractivity contribution in [2.75, 3.05) is 0 Å². The molecule has 0 rings (SSSR count). The molecule has 0 N–H and O–H groups in total. The van der Waals surface area contributed by atoms with Crippen LogP contribution in [0.5, 0.6) is 0 Å². The smallest absolute Gasteiger partial charge is 0.169 e. The highest BCUT2D eigenvalue weighted by molar-refractivity contribution is 14.1. The summed E-state index contributed by atoms with van der Waals surface area (Å²) in [5.74, 6) is 0. The molecule has 1 unspecified atom stereocenters. The fourth-order valence-electron chi connectivity index (χ4n) is 0. The highest BCUT2D eigenvalue weighted by Crippen LogP contribution is 1.99. The van der Waals surface area contributed by atoms with Crippen molar-refractivity contribution in [3.8, 4) is 0 Å². The first-order valence-electron chi connectivity index (χ1n) is 1.18. The van der Waals surface area contributed by atoms with E-state index in [1.54, 1.807) is 22.6 Å². The Morgan fingerprint density at radius 1 is 2.00 bits per heavy atom. The minimum Gasteiger partial charge on any atom is -0.231 e. The molecular weight excluding hydrogens is 182 g/mol. The predicted octanol–water partition coefficient (Wildman–Crippen LogP) is 1.90. The van der Waals surface area contributed by atoms with E-state index >= 15 is 0 Å². The molecule has 0 nitrogen and oxygen atoms in total. The molecule has 0 saturated heterocycles. The molecule has 0 aliphatic carbocycles. The van der Waals surface area contributed by atoms with Crippen molar-refractivity contribution in [2.24, 2.45) is 0 Å².